The van der Waals surface area contributed by atoms with Gasteiger partial charge >= 0.3 is 6.18 Å². The average molecular weight is 409 g/mol. The number of carbonyl (C=O) groups excluding carboxylic acids is 1. The molecule has 0 bridgehead atoms. The minimum absolute atomic E-state index is 0.0261. The van der Waals surface area contributed by atoms with Gasteiger partial charge in [-0.2, -0.15) is 13.2 Å². The average Bonchev–Trinajstić information content (AvgIpc) is 3.13. The highest BCUT2D eigenvalue weighted by molar-refractivity contribution is 7.91. The highest BCUT2D eigenvalue weighted by Crippen LogP contribution is 2.35. The van der Waals surface area contributed by atoms with E-state index >= 15 is 0 Å². The molecule has 9 heteroatoms. The van der Waals surface area contributed by atoms with Crippen molar-refractivity contribution < 1.29 is 30.8 Å². The molecular weight excluding hydrogens is 395 g/mol. The van der Waals surface area contributed by atoms with Gasteiger partial charge in [-0.3, -0.25) is 4.79 Å². The molecule has 2 aromatic carbocycles. The zero-order valence-electron chi connectivity index (χ0n) is 14.4. The van der Waals surface area contributed by atoms with Crippen molar-refractivity contribution in [3.8, 4) is 0 Å². The van der Waals surface area contributed by atoms with Crippen LogP contribution in [0.2, 0.25) is 0 Å². The van der Waals surface area contributed by atoms with Crippen LogP contribution in [0.5, 0.6) is 0 Å². The van der Waals surface area contributed by atoms with Gasteiger partial charge in [-0.15, -0.1) is 0 Å². The van der Waals surface area contributed by atoms with Gasteiger partial charge in [0, 0.05) is 0 Å². The lowest BCUT2D eigenvalue weighted by Crippen LogP contribution is -2.16. The third-order valence-electron chi connectivity index (χ3n) is 3.88. The monoisotopic (exact) mass is 409 g/mol. The van der Waals surface area contributed by atoms with Crippen molar-refractivity contribution in [1.82, 2.24) is 0 Å². The van der Waals surface area contributed by atoms with Crippen molar-refractivity contribution in [3.05, 3.63) is 77.6 Å². The number of carbonyl (C=O) groups is 1. The molecule has 0 fully saturated rings. The first kappa shape index (κ1) is 19.7. The second kappa shape index (κ2) is 7.16. The number of para-hydroxylation sites is 1. The van der Waals surface area contributed by atoms with Crippen LogP contribution in [0.15, 0.2) is 75.1 Å². The minimum atomic E-state index is -4.66. The summed E-state index contributed by atoms with van der Waals surface area (Å²) >= 11 is 0. The summed E-state index contributed by atoms with van der Waals surface area (Å²) in [6, 6.07) is 12.6. The van der Waals surface area contributed by atoms with Crippen LogP contribution in [-0.2, 0) is 16.0 Å². The molecule has 1 heterocycles. The fraction of sp³-hybridized carbons (Fsp3) is 0.105. The third-order valence-corrected chi connectivity index (χ3v) is 5.52. The number of rotatable bonds is 4. The second-order valence-corrected chi connectivity index (χ2v) is 7.81. The predicted molar refractivity (Wildman–Crippen MR) is 94.7 cm³/mol. The predicted octanol–water partition coefficient (Wildman–Crippen LogP) is 4.69. The summed E-state index contributed by atoms with van der Waals surface area (Å²) in [5, 5.41) is 1.62. The second-order valence-electron chi connectivity index (χ2n) is 5.93. The number of aryl methyl sites for hydroxylation is 1. The lowest BCUT2D eigenvalue weighted by Gasteiger charge is -2.12. The van der Waals surface area contributed by atoms with Crippen molar-refractivity contribution >= 4 is 21.4 Å². The molecule has 0 aliphatic carbocycles. The third kappa shape index (κ3) is 3.94. The quantitative estimate of drug-likeness (QED) is 0.678. The lowest BCUT2D eigenvalue weighted by molar-refractivity contribution is -0.136. The minimum Gasteiger partial charge on any atom is -0.439 e. The van der Waals surface area contributed by atoms with E-state index in [0.717, 1.165) is 29.8 Å². The molecule has 0 aliphatic heterocycles. The molecule has 0 radical (unpaired) electrons. The Morgan fingerprint density at radius 2 is 1.61 bits per heavy atom. The van der Waals surface area contributed by atoms with E-state index in [9.17, 15) is 26.4 Å². The smallest absolute Gasteiger partial charge is 0.418 e. The number of hydrogen-bond acceptors (Lipinski definition) is 4. The van der Waals surface area contributed by atoms with E-state index < -0.39 is 44.0 Å². The van der Waals surface area contributed by atoms with Gasteiger partial charge in [0.25, 0.3) is 5.91 Å². The Morgan fingerprint density at radius 3 is 2.25 bits per heavy atom. The molecule has 0 aliphatic rings. The van der Waals surface area contributed by atoms with E-state index in [1.54, 1.807) is 19.1 Å². The SMILES string of the molecule is Cc1ccc(S(=O)(=O)c2ccc(C(=O)Nc3ccccc3C(F)(F)F)o2)cc1. The van der Waals surface area contributed by atoms with Crippen molar-refractivity contribution in [2.75, 3.05) is 5.32 Å². The van der Waals surface area contributed by atoms with Crippen molar-refractivity contribution in [3.63, 3.8) is 0 Å². The van der Waals surface area contributed by atoms with Gasteiger partial charge in [0.15, 0.2) is 5.76 Å². The fourth-order valence-corrected chi connectivity index (χ4v) is 3.62. The Kier molecular flexibility index (Phi) is 5.03. The summed E-state index contributed by atoms with van der Waals surface area (Å²) < 4.78 is 69.3. The number of nitrogens with one attached hydrogen (secondary N) is 1. The molecule has 0 saturated carbocycles. The number of benzene rings is 2. The van der Waals surface area contributed by atoms with Gasteiger partial charge < -0.3 is 9.73 Å². The summed E-state index contributed by atoms with van der Waals surface area (Å²) in [7, 11) is -4.00. The Morgan fingerprint density at radius 1 is 0.964 bits per heavy atom. The van der Waals surface area contributed by atoms with Gasteiger partial charge in [0.1, 0.15) is 0 Å². The van der Waals surface area contributed by atoms with Gasteiger partial charge in [-0.1, -0.05) is 29.8 Å². The van der Waals surface area contributed by atoms with E-state index in [1.165, 1.54) is 24.3 Å². The Bertz CT molecular complexity index is 1120. The standard InChI is InChI=1S/C19H14F3NO4S/c1-12-6-8-13(9-7-12)28(25,26)17-11-10-16(27-17)18(24)23-15-5-3-2-4-14(15)19(20,21)22/h2-11H,1H3,(H,23,24). The van der Waals surface area contributed by atoms with Gasteiger partial charge in [-0.25, -0.2) is 8.42 Å². The molecule has 1 amide bonds. The van der Waals surface area contributed by atoms with Gasteiger partial charge in [0.2, 0.25) is 14.9 Å². The summed E-state index contributed by atoms with van der Waals surface area (Å²) in [5.74, 6) is -1.43. The van der Waals surface area contributed by atoms with Crippen LogP contribution in [0.3, 0.4) is 0 Å². The van der Waals surface area contributed by atoms with E-state index in [-0.39, 0.29) is 4.90 Å². The first-order chi connectivity index (χ1) is 13.1. The zero-order chi connectivity index (χ0) is 20.5. The molecular formula is C19H14F3NO4S. The molecule has 0 spiro atoms. The number of sulfone groups is 1. The van der Waals surface area contributed by atoms with Crippen molar-refractivity contribution in [1.29, 1.82) is 0 Å². The van der Waals surface area contributed by atoms with Crippen LogP contribution < -0.4 is 5.32 Å². The zero-order valence-corrected chi connectivity index (χ0v) is 15.3. The normalized spacial score (nSPS) is 12.0. The summed E-state index contributed by atoms with van der Waals surface area (Å²) in [6.45, 7) is 1.80. The van der Waals surface area contributed by atoms with Crippen LogP contribution in [0.4, 0.5) is 18.9 Å². The first-order valence-corrected chi connectivity index (χ1v) is 9.46. The molecule has 28 heavy (non-hydrogen) atoms. The van der Waals surface area contributed by atoms with Crippen molar-refractivity contribution in [2.24, 2.45) is 0 Å². The Hall–Kier alpha value is -3.07. The van der Waals surface area contributed by atoms with Gasteiger partial charge in [0.05, 0.1) is 16.1 Å². The number of furan rings is 1. The maximum Gasteiger partial charge on any atom is 0.418 e. The van der Waals surface area contributed by atoms with E-state index in [2.05, 4.69) is 5.32 Å². The van der Waals surface area contributed by atoms with Crippen LogP contribution in [0, 0.1) is 6.92 Å². The van der Waals surface area contributed by atoms with Gasteiger partial charge in [-0.05, 0) is 43.3 Å². The highest BCUT2D eigenvalue weighted by atomic mass is 32.2. The molecule has 3 aromatic rings. The van der Waals surface area contributed by atoms with E-state index in [0.29, 0.717) is 0 Å². The summed E-state index contributed by atoms with van der Waals surface area (Å²) in [5.41, 5.74) is -0.622. The van der Waals surface area contributed by atoms with Crippen LogP contribution in [-0.4, -0.2) is 14.3 Å². The van der Waals surface area contributed by atoms with Crippen molar-refractivity contribution in [2.45, 2.75) is 23.1 Å². The number of hydrogen-bond donors (Lipinski definition) is 1. The summed E-state index contributed by atoms with van der Waals surface area (Å²) in [4.78, 5) is 12.2. The molecule has 1 N–H and O–H groups in total. The fourth-order valence-electron chi connectivity index (χ4n) is 2.44. The van der Waals surface area contributed by atoms with Crippen LogP contribution in [0.1, 0.15) is 21.7 Å². The molecule has 146 valence electrons. The maximum atomic E-state index is 13.0. The van der Waals surface area contributed by atoms with Crippen LogP contribution in [0.25, 0.3) is 0 Å². The molecule has 0 saturated heterocycles. The number of alkyl halides is 3. The largest absolute Gasteiger partial charge is 0.439 e. The molecule has 0 unspecified atom stereocenters. The Labute approximate surface area is 158 Å². The molecule has 0 atom stereocenters. The number of halogens is 3. The van der Waals surface area contributed by atoms with Crippen LogP contribution >= 0.6 is 0 Å². The lowest BCUT2D eigenvalue weighted by atomic mass is 10.1. The van der Waals surface area contributed by atoms with E-state index in [1.807, 2.05) is 0 Å². The number of anilines is 1. The summed E-state index contributed by atoms with van der Waals surface area (Å²) in [6.07, 6.45) is -4.66. The molecule has 5 nitrogen and oxygen atoms in total. The Balaban J connectivity index is 1.87. The van der Waals surface area contributed by atoms with E-state index in [4.69, 9.17) is 4.42 Å². The maximum absolute atomic E-state index is 13.0. The first-order valence-electron chi connectivity index (χ1n) is 7.98. The highest BCUT2D eigenvalue weighted by Gasteiger charge is 2.34. The number of amides is 1. The molecule has 3 rings (SSSR count). The molecule has 1 aromatic heterocycles. The topological polar surface area (TPSA) is 76.4 Å².